The number of hydrogen-bond acceptors (Lipinski definition) is 2. The highest BCUT2D eigenvalue weighted by Gasteiger charge is 2.07. The number of hydrogen-bond donors (Lipinski definition) is 3. The molecule has 0 radical (unpaired) electrons. The van der Waals surface area contributed by atoms with Crippen LogP contribution in [-0.4, -0.2) is 11.9 Å². The van der Waals surface area contributed by atoms with Gasteiger partial charge in [0.05, 0.1) is 0 Å². The molecule has 0 aromatic heterocycles. The van der Waals surface area contributed by atoms with Crippen LogP contribution in [0.15, 0.2) is 48.5 Å². The van der Waals surface area contributed by atoms with Crippen LogP contribution in [0.2, 0.25) is 0 Å². The molecule has 0 saturated carbocycles. The number of urea groups is 1. The molecule has 21 heavy (non-hydrogen) atoms. The first-order chi connectivity index (χ1) is 10.1. The summed E-state index contributed by atoms with van der Waals surface area (Å²) in [5, 5.41) is 2.41. The molecule has 3 N–H and O–H groups in total. The molecular weight excluding hydrogens is 273 g/mol. The highest BCUT2D eigenvalue weighted by atomic mass is 19.1. The van der Waals surface area contributed by atoms with Crippen molar-refractivity contribution < 1.29 is 14.0 Å². The van der Waals surface area contributed by atoms with Crippen molar-refractivity contribution in [2.24, 2.45) is 0 Å². The van der Waals surface area contributed by atoms with E-state index >= 15 is 0 Å². The summed E-state index contributed by atoms with van der Waals surface area (Å²) in [7, 11) is 0. The van der Waals surface area contributed by atoms with Gasteiger partial charge in [0.15, 0.2) is 0 Å². The lowest BCUT2D eigenvalue weighted by Crippen LogP contribution is -2.43. The minimum absolute atomic E-state index is 0.296. The van der Waals surface area contributed by atoms with E-state index in [1.54, 1.807) is 49.4 Å². The van der Waals surface area contributed by atoms with Crippen LogP contribution in [0, 0.1) is 12.7 Å². The predicted molar refractivity (Wildman–Crippen MR) is 77.2 cm³/mol. The number of carbonyl (C=O) groups excluding carboxylic acids is 2. The van der Waals surface area contributed by atoms with Crippen LogP contribution in [-0.2, 0) is 0 Å². The van der Waals surface area contributed by atoms with Crippen molar-refractivity contribution in [3.05, 3.63) is 65.5 Å². The fourth-order valence-corrected chi connectivity index (χ4v) is 1.61. The molecule has 0 saturated heterocycles. The van der Waals surface area contributed by atoms with Gasteiger partial charge in [0.1, 0.15) is 5.82 Å². The van der Waals surface area contributed by atoms with Crippen LogP contribution >= 0.6 is 0 Å². The van der Waals surface area contributed by atoms with Gasteiger partial charge in [-0.1, -0.05) is 24.3 Å². The van der Waals surface area contributed by atoms with Gasteiger partial charge in [-0.2, -0.15) is 0 Å². The molecule has 3 amide bonds. The lowest BCUT2D eigenvalue weighted by molar-refractivity contribution is 0.0938. The van der Waals surface area contributed by atoms with Gasteiger partial charge in [0, 0.05) is 11.3 Å². The second-order valence-corrected chi connectivity index (χ2v) is 4.36. The Morgan fingerprint density at radius 1 is 1.00 bits per heavy atom. The van der Waals surface area contributed by atoms with Crippen molar-refractivity contribution in [2.75, 3.05) is 5.32 Å². The van der Waals surface area contributed by atoms with Crippen molar-refractivity contribution in [1.82, 2.24) is 10.9 Å². The van der Waals surface area contributed by atoms with E-state index in [0.29, 0.717) is 16.8 Å². The van der Waals surface area contributed by atoms with Crippen molar-refractivity contribution in [3.63, 3.8) is 0 Å². The molecular formula is C15H14FN3O2. The summed E-state index contributed by atoms with van der Waals surface area (Å²) in [5.74, 6) is -0.859. The summed E-state index contributed by atoms with van der Waals surface area (Å²) < 4.78 is 13.3. The highest BCUT2D eigenvalue weighted by molar-refractivity contribution is 5.97. The van der Waals surface area contributed by atoms with Gasteiger partial charge in [-0.25, -0.2) is 14.6 Å². The van der Waals surface area contributed by atoms with E-state index in [9.17, 15) is 14.0 Å². The fraction of sp³-hybridized carbons (Fsp3) is 0.0667. The predicted octanol–water partition coefficient (Wildman–Crippen LogP) is 2.60. The Kier molecular flexibility index (Phi) is 4.50. The molecule has 0 aliphatic carbocycles. The minimum Gasteiger partial charge on any atom is -0.306 e. The van der Waals surface area contributed by atoms with E-state index in [2.05, 4.69) is 16.2 Å². The zero-order chi connectivity index (χ0) is 15.2. The monoisotopic (exact) mass is 287 g/mol. The zero-order valence-corrected chi connectivity index (χ0v) is 11.3. The molecule has 0 spiro atoms. The van der Waals surface area contributed by atoms with Gasteiger partial charge in [0.2, 0.25) is 0 Å². The summed E-state index contributed by atoms with van der Waals surface area (Å²) in [6, 6.07) is 12.1. The average molecular weight is 287 g/mol. The normalized spacial score (nSPS) is 9.81. The molecule has 2 aromatic rings. The topological polar surface area (TPSA) is 70.2 Å². The number of benzene rings is 2. The maximum absolute atomic E-state index is 13.3. The fourth-order valence-electron chi connectivity index (χ4n) is 1.61. The smallest absolute Gasteiger partial charge is 0.306 e. The highest BCUT2D eigenvalue weighted by Crippen LogP contribution is 2.13. The van der Waals surface area contributed by atoms with Gasteiger partial charge in [-0.05, 0) is 36.8 Å². The molecule has 0 heterocycles. The first-order valence-corrected chi connectivity index (χ1v) is 6.25. The zero-order valence-electron chi connectivity index (χ0n) is 11.3. The van der Waals surface area contributed by atoms with Crippen molar-refractivity contribution in [3.8, 4) is 0 Å². The number of hydrazine groups is 1. The SMILES string of the molecule is Cc1ccc(NC(=O)NNC(=O)c2ccccc2)cc1F. The average Bonchev–Trinajstić information content (AvgIpc) is 2.49. The first-order valence-electron chi connectivity index (χ1n) is 6.25. The lowest BCUT2D eigenvalue weighted by Gasteiger charge is -2.09. The van der Waals surface area contributed by atoms with Crippen LogP contribution in [0.1, 0.15) is 15.9 Å². The van der Waals surface area contributed by atoms with Crippen molar-refractivity contribution in [1.29, 1.82) is 0 Å². The van der Waals surface area contributed by atoms with Crippen LogP contribution in [0.4, 0.5) is 14.9 Å². The first kappa shape index (κ1) is 14.5. The standard InChI is InChI=1S/C15H14FN3O2/c1-10-7-8-12(9-13(10)16)17-15(21)19-18-14(20)11-5-3-2-4-6-11/h2-9H,1H3,(H,18,20)(H2,17,19,21). The van der Waals surface area contributed by atoms with Gasteiger partial charge in [0.25, 0.3) is 5.91 Å². The Labute approximate surface area is 121 Å². The minimum atomic E-state index is -0.664. The number of nitrogens with one attached hydrogen (secondary N) is 3. The maximum atomic E-state index is 13.3. The number of amides is 3. The molecule has 0 fully saturated rings. The second kappa shape index (κ2) is 6.51. The number of anilines is 1. The van der Waals surface area contributed by atoms with Crippen LogP contribution in [0.5, 0.6) is 0 Å². The molecule has 6 heteroatoms. The molecule has 108 valence electrons. The summed E-state index contributed by atoms with van der Waals surface area (Å²) in [4.78, 5) is 23.3. The number of halogens is 1. The summed E-state index contributed by atoms with van der Waals surface area (Å²) in [6.45, 7) is 1.62. The Morgan fingerprint density at radius 3 is 2.38 bits per heavy atom. The third kappa shape index (κ3) is 4.04. The molecule has 0 aliphatic heterocycles. The number of rotatable bonds is 2. The molecule has 0 aliphatic rings. The Balaban J connectivity index is 1.87. The third-order valence-corrected chi connectivity index (χ3v) is 2.76. The molecule has 2 aromatic carbocycles. The molecule has 0 atom stereocenters. The molecule has 0 bridgehead atoms. The van der Waals surface area contributed by atoms with Crippen molar-refractivity contribution in [2.45, 2.75) is 6.92 Å². The number of aryl methyl sites for hydroxylation is 1. The van der Waals surface area contributed by atoms with Gasteiger partial charge >= 0.3 is 6.03 Å². The van der Waals surface area contributed by atoms with E-state index < -0.39 is 17.8 Å². The summed E-state index contributed by atoms with van der Waals surface area (Å²) in [6.07, 6.45) is 0. The Hall–Kier alpha value is -2.89. The van der Waals surface area contributed by atoms with Gasteiger partial charge in [-0.3, -0.25) is 10.2 Å². The van der Waals surface area contributed by atoms with Crippen LogP contribution < -0.4 is 16.2 Å². The Bertz CT molecular complexity index is 659. The molecule has 0 unspecified atom stereocenters. The summed E-state index contributed by atoms with van der Waals surface area (Å²) in [5.41, 5.74) is 5.64. The quantitative estimate of drug-likeness (QED) is 0.743. The molecule has 5 nitrogen and oxygen atoms in total. The van der Waals surface area contributed by atoms with E-state index in [1.807, 2.05) is 0 Å². The third-order valence-electron chi connectivity index (χ3n) is 2.76. The molecule has 2 rings (SSSR count). The van der Waals surface area contributed by atoms with Crippen LogP contribution in [0.3, 0.4) is 0 Å². The van der Waals surface area contributed by atoms with E-state index in [0.717, 1.165) is 0 Å². The summed E-state index contributed by atoms with van der Waals surface area (Å²) >= 11 is 0. The van der Waals surface area contributed by atoms with E-state index in [-0.39, 0.29) is 0 Å². The van der Waals surface area contributed by atoms with Crippen molar-refractivity contribution >= 4 is 17.6 Å². The van der Waals surface area contributed by atoms with E-state index in [4.69, 9.17) is 0 Å². The second-order valence-electron chi connectivity index (χ2n) is 4.36. The largest absolute Gasteiger partial charge is 0.337 e. The maximum Gasteiger partial charge on any atom is 0.337 e. The van der Waals surface area contributed by atoms with Gasteiger partial charge in [-0.15, -0.1) is 0 Å². The van der Waals surface area contributed by atoms with E-state index in [1.165, 1.54) is 6.07 Å². The lowest BCUT2D eigenvalue weighted by atomic mass is 10.2. The van der Waals surface area contributed by atoms with Crippen LogP contribution in [0.25, 0.3) is 0 Å². The van der Waals surface area contributed by atoms with Gasteiger partial charge < -0.3 is 5.32 Å². The Morgan fingerprint density at radius 2 is 1.71 bits per heavy atom. The number of carbonyl (C=O) groups is 2.